The second-order valence-corrected chi connectivity index (χ2v) is 6.08. The monoisotopic (exact) mass is 279 g/mol. The summed E-state index contributed by atoms with van der Waals surface area (Å²) in [6.45, 7) is 5.20. The van der Waals surface area contributed by atoms with Crippen LogP contribution in [0, 0.1) is 6.92 Å². The predicted molar refractivity (Wildman–Crippen MR) is 80.6 cm³/mol. The number of thioether (sulfide) groups is 1. The third kappa shape index (κ3) is 3.72. The van der Waals surface area contributed by atoms with Gasteiger partial charge in [-0.2, -0.15) is 11.8 Å². The lowest BCUT2D eigenvalue weighted by Gasteiger charge is -2.22. The zero-order chi connectivity index (χ0) is 13.9. The van der Waals surface area contributed by atoms with Crippen LogP contribution in [0.4, 0.5) is 0 Å². The second-order valence-electron chi connectivity index (χ2n) is 5.22. The largest absolute Gasteiger partial charge is 0.388 e. The van der Waals surface area contributed by atoms with Crippen LogP contribution >= 0.6 is 11.8 Å². The Hall–Kier alpha value is -1.04. The maximum atomic E-state index is 10.1. The molecule has 0 aliphatic carbocycles. The molecule has 1 atom stereocenters. The Bertz CT molecular complexity index is 551. The molecule has 2 heterocycles. The highest BCUT2D eigenvalue weighted by Gasteiger charge is 2.18. The fraction of sp³-hybridized carbons (Fsp3) is 0.500. The van der Waals surface area contributed by atoms with E-state index in [1.807, 2.05) is 25.6 Å². The van der Waals surface area contributed by atoms with E-state index in [1.165, 1.54) is 5.56 Å². The van der Waals surface area contributed by atoms with E-state index in [9.17, 15) is 5.11 Å². The number of aliphatic hydroxyl groups is 1. The predicted octanol–water partition coefficient (Wildman–Crippen LogP) is 1.85. The van der Waals surface area contributed by atoms with Crippen LogP contribution in [0.2, 0.25) is 0 Å². The van der Waals surface area contributed by atoms with Crippen LogP contribution in [0.3, 0.4) is 0 Å². The van der Waals surface area contributed by atoms with Crippen LogP contribution in [0.5, 0.6) is 0 Å². The normalized spacial score (nSPS) is 14.7. The van der Waals surface area contributed by atoms with E-state index in [0.29, 0.717) is 13.1 Å². The van der Waals surface area contributed by atoms with E-state index in [2.05, 4.69) is 33.8 Å². The quantitative estimate of drug-likeness (QED) is 0.847. The van der Waals surface area contributed by atoms with Gasteiger partial charge in [-0.25, -0.2) is 4.98 Å². The molecule has 0 saturated heterocycles. The number of hydrogen-bond acceptors (Lipinski definition) is 4. The van der Waals surface area contributed by atoms with Gasteiger partial charge in [0.15, 0.2) is 0 Å². The highest BCUT2D eigenvalue weighted by Crippen LogP contribution is 2.11. The standard InChI is InChI=1S/C14H21N3OS/c1-11-4-5-17-12(8-16-13(17)6-11)7-15-9-14(2,18)10-19-3/h4-6,8,15,18H,7,9-10H2,1-3H3. The van der Waals surface area contributed by atoms with E-state index >= 15 is 0 Å². The number of aromatic nitrogens is 2. The van der Waals surface area contributed by atoms with Crippen LogP contribution in [0.15, 0.2) is 24.5 Å². The molecular weight excluding hydrogens is 258 g/mol. The third-order valence-electron chi connectivity index (χ3n) is 3.01. The summed E-state index contributed by atoms with van der Waals surface area (Å²) < 4.78 is 2.07. The first-order chi connectivity index (χ1) is 9.02. The lowest BCUT2D eigenvalue weighted by molar-refractivity contribution is 0.0845. The molecule has 0 fully saturated rings. The van der Waals surface area contributed by atoms with Gasteiger partial charge < -0.3 is 14.8 Å². The molecule has 0 aliphatic rings. The van der Waals surface area contributed by atoms with Crippen LogP contribution in [0.25, 0.3) is 5.65 Å². The van der Waals surface area contributed by atoms with Crippen molar-refractivity contribution >= 4 is 17.4 Å². The lowest BCUT2D eigenvalue weighted by atomic mass is 10.1. The summed E-state index contributed by atoms with van der Waals surface area (Å²) in [4.78, 5) is 4.39. The molecule has 0 bridgehead atoms. The third-order valence-corrected chi connectivity index (χ3v) is 3.92. The average molecular weight is 279 g/mol. The van der Waals surface area contributed by atoms with E-state index in [0.717, 1.165) is 17.1 Å². The molecule has 104 valence electrons. The van der Waals surface area contributed by atoms with Crippen LogP contribution in [-0.2, 0) is 6.54 Å². The van der Waals surface area contributed by atoms with Gasteiger partial charge in [0, 0.05) is 25.0 Å². The van der Waals surface area contributed by atoms with Gasteiger partial charge in [0.05, 0.1) is 17.5 Å². The van der Waals surface area contributed by atoms with Crippen molar-refractivity contribution in [2.45, 2.75) is 26.0 Å². The lowest BCUT2D eigenvalue weighted by Crippen LogP contribution is -2.39. The number of pyridine rings is 1. The summed E-state index contributed by atoms with van der Waals surface area (Å²) >= 11 is 1.65. The Morgan fingerprint density at radius 3 is 3.05 bits per heavy atom. The SMILES string of the molecule is CSCC(C)(O)CNCc1cnc2cc(C)ccn12. The first-order valence-corrected chi connectivity index (χ1v) is 7.76. The van der Waals surface area contributed by atoms with Gasteiger partial charge in [0.1, 0.15) is 5.65 Å². The number of fused-ring (bicyclic) bond motifs is 1. The molecule has 2 N–H and O–H groups in total. The summed E-state index contributed by atoms with van der Waals surface area (Å²) in [7, 11) is 0. The van der Waals surface area contributed by atoms with Crippen molar-refractivity contribution in [3.8, 4) is 0 Å². The van der Waals surface area contributed by atoms with E-state index < -0.39 is 5.60 Å². The number of rotatable bonds is 6. The number of aryl methyl sites for hydroxylation is 1. The van der Waals surface area contributed by atoms with Crippen molar-refractivity contribution in [2.75, 3.05) is 18.6 Å². The molecule has 5 heteroatoms. The summed E-state index contributed by atoms with van der Waals surface area (Å²) in [6, 6.07) is 4.13. The molecule has 0 aromatic carbocycles. The van der Waals surface area contributed by atoms with Crippen molar-refractivity contribution in [2.24, 2.45) is 0 Å². The molecule has 4 nitrogen and oxygen atoms in total. The van der Waals surface area contributed by atoms with Gasteiger partial charge in [-0.3, -0.25) is 0 Å². The first kappa shape index (κ1) is 14.4. The van der Waals surface area contributed by atoms with Crippen LogP contribution < -0.4 is 5.32 Å². The van der Waals surface area contributed by atoms with Gasteiger partial charge >= 0.3 is 0 Å². The molecule has 19 heavy (non-hydrogen) atoms. The molecule has 0 amide bonds. The van der Waals surface area contributed by atoms with Crippen molar-refractivity contribution < 1.29 is 5.11 Å². The van der Waals surface area contributed by atoms with Crippen molar-refractivity contribution in [1.82, 2.24) is 14.7 Å². The van der Waals surface area contributed by atoms with Crippen LogP contribution in [0.1, 0.15) is 18.2 Å². The highest BCUT2D eigenvalue weighted by molar-refractivity contribution is 7.98. The summed E-state index contributed by atoms with van der Waals surface area (Å²) in [5, 5.41) is 13.4. The fourth-order valence-corrected chi connectivity index (χ4v) is 2.81. The maximum absolute atomic E-state index is 10.1. The van der Waals surface area contributed by atoms with Gasteiger partial charge in [0.25, 0.3) is 0 Å². The fourth-order valence-electron chi connectivity index (χ4n) is 2.09. The Balaban J connectivity index is 1.99. The molecule has 2 rings (SSSR count). The van der Waals surface area contributed by atoms with Crippen molar-refractivity contribution in [3.05, 3.63) is 35.8 Å². The van der Waals surface area contributed by atoms with E-state index in [1.54, 1.807) is 11.8 Å². The Morgan fingerprint density at radius 1 is 1.53 bits per heavy atom. The molecule has 2 aromatic rings. The number of hydrogen-bond donors (Lipinski definition) is 2. The molecule has 0 radical (unpaired) electrons. The molecule has 0 aliphatic heterocycles. The minimum absolute atomic E-state index is 0.576. The molecule has 0 saturated carbocycles. The smallest absolute Gasteiger partial charge is 0.137 e. The second kappa shape index (κ2) is 5.94. The van der Waals surface area contributed by atoms with E-state index in [4.69, 9.17) is 0 Å². The van der Waals surface area contributed by atoms with Gasteiger partial charge in [0.2, 0.25) is 0 Å². The summed E-state index contributed by atoms with van der Waals surface area (Å²) in [6.07, 6.45) is 5.92. The molecular formula is C14H21N3OS. The number of nitrogens with one attached hydrogen (secondary N) is 1. The first-order valence-electron chi connectivity index (χ1n) is 6.36. The number of imidazole rings is 1. The molecule has 1 unspecified atom stereocenters. The minimum atomic E-state index is -0.670. The van der Waals surface area contributed by atoms with Crippen molar-refractivity contribution in [3.63, 3.8) is 0 Å². The molecule has 2 aromatic heterocycles. The number of nitrogens with zero attached hydrogens (tertiary/aromatic N) is 2. The zero-order valence-electron chi connectivity index (χ0n) is 11.7. The van der Waals surface area contributed by atoms with Gasteiger partial charge in [-0.15, -0.1) is 0 Å². The van der Waals surface area contributed by atoms with Gasteiger partial charge in [-0.05, 0) is 37.8 Å². The molecule has 0 spiro atoms. The zero-order valence-corrected chi connectivity index (χ0v) is 12.5. The van der Waals surface area contributed by atoms with E-state index in [-0.39, 0.29) is 0 Å². The topological polar surface area (TPSA) is 49.6 Å². The summed E-state index contributed by atoms with van der Waals surface area (Å²) in [5.41, 5.74) is 2.61. The Kier molecular flexibility index (Phi) is 4.50. The summed E-state index contributed by atoms with van der Waals surface area (Å²) in [5.74, 6) is 0.729. The average Bonchev–Trinajstić information content (AvgIpc) is 2.71. The van der Waals surface area contributed by atoms with Gasteiger partial charge in [-0.1, -0.05) is 0 Å². The minimum Gasteiger partial charge on any atom is -0.388 e. The van der Waals surface area contributed by atoms with Crippen molar-refractivity contribution in [1.29, 1.82) is 0 Å². The van der Waals surface area contributed by atoms with Crippen LogP contribution in [-0.4, -0.2) is 38.6 Å². The Morgan fingerprint density at radius 2 is 2.32 bits per heavy atom. The Labute approximate surface area is 118 Å². The maximum Gasteiger partial charge on any atom is 0.137 e. The highest BCUT2D eigenvalue weighted by atomic mass is 32.2.